The highest BCUT2D eigenvalue weighted by atomic mass is 32.2. The normalized spacial score (nSPS) is 37.6. The molecular formula is C64H106N4O20S. The van der Waals surface area contributed by atoms with Gasteiger partial charge in [-0.15, -0.1) is 0 Å². The van der Waals surface area contributed by atoms with Gasteiger partial charge in [0.15, 0.2) is 30.3 Å². The summed E-state index contributed by atoms with van der Waals surface area (Å²) in [6.45, 7) is 27.5. The number of ether oxygens (including phenoxy) is 11. The summed E-state index contributed by atoms with van der Waals surface area (Å²) in [5.41, 5.74) is -3.18. The molecular weight excluding hydrogens is 1180 g/mol. The van der Waals surface area contributed by atoms with Crippen LogP contribution in [-0.4, -0.2) is 204 Å². The predicted octanol–water partition coefficient (Wildman–Crippen LogP) is 6.54. The van der Waals surface area contributed by atoms with Crippen LogP contribution in [0.2, 0.25) is 0 Å². The summed E-state index contributed by atoms with van der Waals surface area (Å²) in [7, 11) is 0.220. The number of aliphatic hydroxyl groups excluding tert-OH is 2. The molecule has 4 N–H and O–H groups in total. The molecule has 25 heteroatoms. The zero-order chi connectivity index (χ0) is 66.0. The van der Waals surface area contributed by atoms with E-state index in [0.717, 1.165) is 19.4 Å². The summed E-state index contributed by atoms with van der Waals surface area (Å²) >= 11 is 0. The average Bonchev–Trinajstić information content (AvgIpc) is 2.67. The Bertz CT molecular complexity index is 2600. The first-order chi connectivity index (χ1) is 41.7. The molecule has 1 saturated carbocycles. The SMILES string of the molecule is CON=C1C[C@@H](C)O[C@@H](O[C@@H]2[C@@H](C)[C@H](O[C@H]3C[C@@H](C)N(CC4CC4)C[C@H](C)O3)[C@@H](C)C(=O)O[C@H](C(C)CO[C@@H]3O[C@H](C)[C@@H](O)[C@@H](OC)[C@H]3OC)[C@H](C)[C@@H](OC(=O)CC(C)C)[C@@H](C)C(=O)[C@@](C)(OC(=O)NC(C)(C)CNS(=O)(=O)c3ccccc3)C[C@@H]2C)[C@@H]1O. The zero-order valence-corrected chi connectivity index (χ0v) is 56.6. The van der Waals surface area contributed by atoms with Gasteiger partial charge < -0.3 is 72.5 Å². The molecule has 4 aliphatic heterocycles. The maximum Gasteiger partial charge on any atom is 0.408 e. The maximum atomic E-state index is 16.1. The fourth-order valence-electron chi connectivity index (χ4n) is 13.0. The van der Waals surface area contributed by atoms with Crippen LogP contribution in [0.25, 0.3) is 0 Å². The van der Waals surface area contributed by atoms with Crippen molar-refractivity contribution in [2.45, 2.75) is 250 Å². The van der Waals surface area contributed by atoms with Crippen LogP contribution >= 0.6 is 0 Å². The molecule has 22 atom stereocenters. The first-order valence-corrected chi connectivity index (χ1v) is 33.4. The fraction of sp³-hybridized carbons (Fsp3) is 0.828. The second kappa shape index (κ2) is 32.3. The molecule has 0 radical (unpaired) electrons. The van der Waals surface area contributed by atoms with Crippen molar-refractivity contribution >= 4 is 39.6 Å². The van der Waals surface area contributed by atoms with Crippen molar-refractivity contribution < 1.29 is 94.8 Å². The number of hydrogen-bond donors (Lipinski definition) is 4. The summed E-state index contributed by atoms with van der Waals surface area (Å²) in [4.78, 5) is 68.2. The van der Waals surface area contributed by atoms with Crippen molar-refractivity contribution in [3.05, 3.63) is 30.3 Å². The highest BCUT2D eigenvalue weighted by Gasteiger charge is 2.53. The quantitative estimate of drug-likeness (QED) is 0.0544. The van der Waals surface area contributed by atoms with E-state index in [1.165, 1.54) is 40.4 Å². The monoisotopic (exact) mass is 1280 g/mol. The molecule has 0 aromatic heterocycles. The van der Waals surface area contributed by atoms with Crippen LogP contribution in [0.5, 0.6) is 0 Å². The van der Waals surface area contributed by atoms with E-state index in [1.54, 1.807) is 80.5 Å². The van der Waals surface area contributed by atoms with Crippen LogP contribution in [0.1, 0.15) is 142 Å². The minimum absolute atomic E-state index is 0.0155. The number of nitrogens with one attached hydrogen (secondary N) is 2. The van der Waals surface area contributed by atoms with Crippen molar-refractivity contribution in [3.8, 4) is 0 Å². The van der Waals surface area contributed by atoms with Gasteiger partial charge in [-0.05, 0) is 105 Å². The standard InChI is InChI=1S/C64H106N4O20S/c1-34(2)26-48(69)84-54-41(9)53(36(4)32-80-61-57(78-17)56(77-16)50(70)44(12)83-61)86-59(73)43(11)55(85-49-27-37(5)68(30-39(7)81-49)31-45-24-25-45)40(8)52(87-60-51(71)47(67-79-18)28-38(6)82-60)35(3)29-64(15,58(72)42(54)10)88-62(74)66-63(13,14)33-65-89(75,76)46-22-20-19-21-23-46/h19-23,34-45,49-57,60-61,65,70-71H,24-33H2,1-18H3,(H,66,74)/t35-,36?,37+,38+,39-,40+,41-,42+,43+,44+,49-,50+,51+,52-,53+,54+,55-,56+,57+,60-,61+,64-/m0/s1. The van der Waals surface area contributed by atoms with Crippen LogP contribution in [-0.2, 0) is 81.3 Å². The van der Waals surface area contributed by atoms with Gasteiger partial charge in [-0.3, -0.25) is 19.3 Å². The molecule has 4 saturated heterocycles. The number of carbonyl (C=O) groups is 4. The molecule has 24 nitrogen and oxygen atoms in total. The topological polar surface area (TPSA) is 293 Å². The van der Waals surface area contributed by atoms with Crippen LogP contribution in [0.4, 0.5) is 4.79 Å². The number of ketones is 1. The smallest absolute Gasteiger partial charge is 0.408 e. The number of esters is 2. The number of hydrogen-bond acceptors (Lipinski definition) is 22. The number of amides is 1. The minimum atomic E-state index is -4.03. The summed E-state index contributed by atoms with van der Waals surface area (Å²) in [6, 6.07) is 7.77. The highest BCUT2D eigenvalue weighted by molar-refractivity contribution is 7.89. The largest absolute Gasteiger partial charge is 0.461 e. The van der Waals surface area contributed by atoms with Gasteiger partial charge in [0.05, 0.1) is 65.1 Å². The highest BCUT2D eigenvalue weighted by Crippen LogP contribution is 2.41. The lowest BCUT2D eigenvalue weighted by atomic mass is 9.74. The second-order valence-corrected chi connectivity index (χ2v) is 29.0. The average molecular weight is 1280 g/mol. The molecule has 0 spiro atoms. The number of methoxy groups -OCH3 is 2. The van der Waals surface area contributed by atoms with Gasteiger partial charge in [0.25, 0.3) is 0 Å². The number of alkyl carbamates (subject to hydrolysis) is 1. The molecule has 4 heterocycles. The van der Waals surface area contributed by atoms with E-state index in [9.17, 15) is 28.2 Å². The number of Topliss-reactive ketones (excluding diaryl/α,β-unsaturated/α-hetero) is 1. The lowest BCUT2D eigenvalue weighted by molar-refractivity contribution is -0.305. The van der Waals surface area contributed by atoms with Gasteiger partial charge in [0.1, 0.15) is 43.7 Å². The second-order valence-electron chi connectivity index (χ2n) is 27.3. The van der Waals surface area contributed by atoms with Crippen LogP contribution in [0.15, 0.2) is 40.4 Å². The van der Waals surface area contributed by atoms with Crippen LogP contribution < -0.4 is 10.0 Å². The molecule has 1 amide bonds. The Balaban J connectivity index is 1.50. The number of oxime groups is 1. The number of sulfonamides is 1. The molecule has 508 valence electrons. The van der Waals surface area contributed by atoms with Crippen molar-refractivity contribution in [1.29, 1.82) is 0 Å². The van der Waals surface area contributed by atoms with Crippen molar-refractivity contribution in [2.24, 2.45) is 52.5 Å². The summed E-state index contributed by atoms with van der Waals surface area (Å²) in [5.74, 6) is -7.45. The molecule has 5 fully saturated rings. The van der Waals surface area contributed by atoms with E-state index in [2.05, 4.69) is 27.0 Å². The Kier molecular flexibility index (Phi) is 26.8. The first-order valence-electron chi connectivity index (χ1n) is 31.9. The molecule has 1 aromatic carbocycles. The van der Waals surface area contributed by atoms with Gasteiger partial charge in [-0.25, -0.2) is 17.9 Å². The van der Waals surface area contributed by atoms with Crippen molar-refractivity contribution in [2.75, 3.05) is 47.6 Å². The molecule has 1 unspecified atom stereocenters. The number of nitrogens with zero attached hydrogens (tertiary/aromatic N) is 2. The third kappa shape index (κ3) is 19.8. The van der Waals surface area contributed by atoms with E-state index in [4.69, 9.17) is 56.9 Å². The lowest BCUT2D eigenvalue weighted by Gasteiger charge is -2.45. The van der Waals surface area contributed by atoms with E-state index in [-0.39, 0.29) is 61.1 Å². The summed E-state index contributed by atoms with van der Waals surface area (Å²) < 4.78 is 100. The Morgan fingerprint density at radius 1 is 0.831 bits per heavy atom. The molecule has 1 aliphatic carbocycles. The third-order valence-electron chi connectivity index (χ3n) is 18.1. The van der Waals surface area contributed by atoms with Gasteiger partial charge in [0, 0.05) is 76.9 Å². The molecule has 89 heavy (non-hydrogen) atoms. The number of benzene rings is 1. The number of carbonyl (C=O) groups excluding carboxylic acids is 4. The Labute approximate surface area is 528 Å². The Morgan fingerprint density at radius 2 is 1.49 bits per heavy atom. The Morgan fingerprint density at radius 3 is 2.11 bits per heavy atom. The van der Waals surface area contributed by atoms with E-state index in [0.29, 0.717) is 18.9 Å². The number of aliphatic hydroxyl groups is 2. The predicted molar refractivity (Wildman–Crippen MR) is 327 cm³/mol. The molecule has 5 aliphatic rings. The Hall–Kier alpha value is -3.96. The van der Waals surface area contributed by atoms with Crippen LogP contribution in [0, 0.1) is 47.3 Å². The van der Waals surface area contributed by atoms with Gasteiger partial charge in [-0.1, -0.05) is 71.8 Å². The third-order valence-corrected chi connectivity index (χ3v) is 19.5. The number of cyclic esters (lactones) is 1. The van der Waals surface area contributed by atoms with Crippen LogP contribution in [0.3, 0.4) is 0 Å². The fourth-order valence-corrected chi connectivity index (χ4v) is 14.3. The number of rotatable bonds is 22. The van der Waals surface area contributed by atoms with Gasteiger partial charge >= 0.3 is 18.0 Å². The summed E-state index contributed by atoms with van der Waals surface area (Å²) in [6.07, 6.45) is -12.2. The maximum absolute atomic E-state index is 16.1. The van der Waals surface area contributed by atoms with Gasteiger partial charge in [0.2, 0.25) is 10.0 Å². The molecule has 1 aromatic rings. The summed E-state index contributed by atoms with van der Waals surface area (Å²) in [5, 5.41) is 29.9. The van der Waals surface area contributed by atoms with E-state index >= 15 is 9.59 Å². The lowest BCUT2D eigenvalue weighted by Crippen LogP contribution is -2.59. The van der Waals surface area contributed by atoms with Crippen molar-refractivity contribution in [3.63, 3.8) is 0 Å². The molecule has 6 rings (SSSR count). The molecule has 0 bridgehead atoms. The van der Waals surface area contributed by atoms with Crippen molar-refractivity contribution in [1.82, 2.24) is 14.9 Å². The first kappa shape index (κ1) is 74.1. The van der Waals surface area contributed by atoms with E-state index in [1.807, 2.05) is 27.7 Å². The van der Waals surface area contributed by atoms with E-state index < -0.39 is 160 Å². The van der Waals surface area contributed by atoms with Gasteiger partial charge in [-0.2, -0.15) is 0 Å². The minimum Gasteiger partial charge on any atom is -0.461 e. The zero-order valence-electron chi connectivity index (χ0n) is 55.8.